The first-order chi connectivity index (χ1) is 11.2. The van der Waals surface area contributed by atoms with Crippen molar-refractivity contribution in [1.29, 1.82) is 0 Å². The number of anilines is 1. The van der Waals surface area contributed by atoms with Crippen molar-refractivity contribution in [1.82, 2.24) is 24.6 Å². The van der Waals surface area contributed by atoms with Gasteiger partial charge in [-0.05, 0) is 31.9 Å². The molecule has 0 bridgehead atoms. The molecule has 2 aromatic rings. The third-order valence-corrected chi connectivity index (χ3v) is 4.02. The standard InChI is InChI=1S/C15H19FN6O/c1-2-21-10-18-20-14(21)11-4-3-7-22(9-11)15(23)19-13-6-5-12(16)8-17-13/h5-6,8,10-11H,2-4,7,9H2,1H3,(H,17,19,23)/t11-/m1/s1. The zero-order valence-electron chi connectivity index (χ0n) is 12.9. The Hall–Kier alpha value is -2.51. The molecule has 23 heavy (non-hydrogen) atoms. The van der Waals surface area contributed by atoms with Gasteiger partial charge in [0.1, 0.15) is 23.8 Å². The SMILES string of the molecule is CCn1cnnc1[C@@H]1CCCN(C(=O)Nc2ccc(F)cn2)C1. The topological polar surface area (TPSA) is 75.9 Å². The second kappa shape index (κ2) is 6.72. The van der Waals surface area contributed by atoms with Crippen molar-refractivity contribution < 1.29 is 9.18 Å². The summed E-state index contributed by atoms with van der Waals surface area (Å²) in [5.74, 6) is 1.01. The smallest absolute Gasteiger partial charge is 0.323 e. The van der Waals surface area contributed by atoms with E-state index < -0.39 is 5.82 Å². The monoisotopic (exact) mass is 318 g/mol. The Bertz CT molecular complexity index is 671. The van der Waals surface area contributed by atoms with Crippen molar-refractivity contribution in [3.63, 3.8) is 0 Å². The van der Waals surface area contributed by atoms with Crippen LogP contribution < -0.4 is 5.32 Å². The number of aryl methyl sites for hydroxylation is 1. The van der Waals surface area contributed by atoms with Crippen LogP contribution in [-0.4, -0.2) is 43.8 Å². The first-order valence-electron chi connectivity index (χ1n) is 7.72. The number of rotatable bonds is 3. The number of nitrogens with zero attached hydrogens (tertiary/aromatic N) is 5. The van der Waals surface area contributed by atoms with Gasteiger partial charge in [-0.1, -0.05) is 0 Å². The quantitative estimate of drug-likeness (QED) is 0.941. The van der Waals surface area contributed by atoms with Crippen molar-refractivity contribution in [2.75, 3.05) is 18.4 Å². The van der Waals surface area contributed by atoms with Gasteiger partial charge < -0.3 is 9.47 Å². The van der Waals surface area contributed by atoms with Crippen molar-refractivity contribution in [3.8, 4) is 0 Å². The van der Waals surface area contributed by atoms with E-state index in [1.165, 1.54) is 12.1 Å². The average molecular weight is 318 g/mol. The molecule has 0 radical (unpaired) electrons. The van der Waals surface area contributed by atoms with Gasteiger partial charge in [-0.25, -0.2) is 14.2 Å². The second-order valence-electron chi connectivity index (χ2n) is 5.55. The van der Waals surface area contributed by atoms with Crippen LogP contribution in [-0.2, 0) is 6.54 Å². The Labute approximate surface area is 133 Å². The van der Waals surface area contributed by atoms with E-state index in [0.29, 0.717) is 18.9 Å². The minimum atomic E-state index is -0.431. The van der Waals surface area contributed by atoms with Crippen LogP contribution >= 0.6 is 0 Å². The largest absolute Gasteiger partial charge is 0.324 e. The highest BCUT2D eigenvalue weighted by atomic mass is 19.1. The van der Waals surface area contributed by atoms with Crippen LogP contribution in [0.3, 0.4) is 0 Å². The van der Waals surface area contributed by atoms with Gasteiger partial charge in [-0.15, -0.1) is 10.2 Å². The molecule has 0 aromatic carbocycles. The van der Waals surface area contributed by atoms with E-state index in [4.69, 9.17) is 0 Å². The van der Waals surface area contributed by atoms with Crippen LogP contribution in [0.4, 0.5) is 15.0 Å². The number of piperidine rings is 1. The highest BCUT2D eigenvalue weighted by Crippen LogP contribution is 2.25. The zero-order chi connectivity index (χ0) is 16.2. The Morgan fingerprint density at radius 3 is 3.09 bits per heavy atom. The van der Waals surface area contributed by atoms with Crippen LogP contribution in [0.1, 0.15) is 31.5 Å². The summed E-state index contributed by atoms with van der Waals surface area (Å²) in [5.41, 5.74) is 0. The lowest BCUT2D eigenvalue weighted by molar-refractivity contribution is 0.190. The number of hydrogen-bond donors (Lipinski definition) is 1. The summed E-state index contributed by atoms with van der Waals surface area (Å²) in [6.45, 7) is 4.13. The minimum Gasteiger partial charge on any atom is -0.324 e. The van der Waals surface area contributed by atoms with Gasteiger partial charge in [0, 0.05) is 25.6 Å². The summed E-state index contributed by atoms with van der Waals surface area (Å²) in [7, 11) is 0. The maximum absolute atomic E-state index is 12.9. The fourth-order valence-electron chi connectivity index (χ4n) is 2.83. The molecular formula is C15H19FN6O. The van der Waals surface area contributed by atoms with Crippen molar-refractivity contribution in [2.24, 2.45) is 0 Å². The summed E-state index contributed by atoms with van der Waals surface area (Å²) < 4.78 is 14.9. The highest BCUT2D eigenvalue weighted by molar-refractivity contribution is 5.88. The van der Waals surface area contributed by atoms with E-state index >= 15 is 0 Å². The molecule has 1 atom stereocenters. The van der Waals surface area contributed by atoms with E-state index in [9.17, 15) is 9.18 Å². The fourth-order valence-corrected chi connectivity index (χ4v) is 2.83. The first kappa shape index (κ1) is 15.4. The van der Waals surface area contributed by atoms with Gasteiger partial charge in [0.25, 0.3) is 0 Å². The van der Waals surface area contributed by atoms with Crippen molar-refractivity contribution in [3.05, 3.63) is 36.3 Å². The minimum absolute atomic E-state index is 0.179. The summed E-state index contributed by atoms with van der Waals surface area (Å²) >= 11 is 0. The van der Waals surface area contributed by atoms with E-state index in [2.05, 4.69) is 20.5 Å². The molecule has 1 aliphatic heterocycles. The molecule has 2 aromatic heterocycles. The maximum atomic E-state index is 12.9. The number of carbonyl (C=O) groups is 1. The molecule has 1 saturated heterocycles. The molecule has 1 fully saturated rings. The molecule has 122 valence electrons. The van der Waals surface area contributed by atoms with E-state index in [1.807, 2.05) is 11.5 Å². The van der Waals surface area contributed by atoms with Crippen molar-refractivity contribution >= 4 is 11.8 Å². The summed E-state index contributed by atoms with van der Waals surface area (Å²) in [5, 5.41) is 10.9. The molecule has 0 spiro atoms. The Morgan fingerprint density at radius 2 is 2.35 bits per heavy atom. The molecule has 0 aliphatic carbocycles. The first-order valence-corrected chi connectivity index (χ1v) is 7.72. The molecule has 1 N–H and O–H groups in total. The second-order valence-corrected chi connectivity index (χ2v) is 5.55. The number of carbonyl (C=O) groups excluding carboxylic acids is 1. The lowest BCUT2D eigenvalue weighted by Gasteiger charge is -2.32. The lowest BCUT2D eigenvalue weighted by Crippen LogP contribution is -2.42. The maximum Gasteiger partial charge on any atom is 0.323 e. The van der Waals surface area contributed by atoms with Crippen molar-refractivity contribution in [2.45, 2.75) is 32.2 Å². The number of halogens is 1. The molecule has 1 aliphatic rings. The Kier molecular flexibility index (Phi) is 4.50. The molecule has 2 amide bonds. The summed E-state index contributed by atoms with van der Waals surface area (Å²) in [4.78, 5) is 18.0. The molecule has 0 unspecified atom stereocenters. The third-order valence-electron chi connectivity index (χ3n) is 4.02. The molecule has 7 nitrogen and oxygen atoms in total. The lowest BCUT2D eigenvalue weighted by atomic mass is 9.97. The predicted molar refractivity (Wildman–Crippen MR) is 82.5 cm³/mol. The summed E-state index contributed by atoms with van der Waals surface area (Å²) in [6.07, 6.45) is 4.69. The molecule has 8 heteroatoms. The van der Waals surface area contributed by atoms with Crippen LogP contribution in [0.5, 0.6) is 0 Å². The predicted octanol–water partition coefficient (Wildman–Crippen LogP) is 2.24. The molecule has 3 heterocycles. The number of nitrogens with one attached hydrogen (secondary N) is 1. The normalized spacial score (nSPS) is 18.0. The Balaban J connectivity index is 1.66. The van der Waals surface area contributed by atoms with Crippen LogP contribution in [0, 0.1) is 5.82 Å². The van der Waals surface area contributed by atoms with E-state index in [1.54, 1.807) is 11.2 Å². The number of urea groups is 1. The highest BCUT2D eigenvalue weighted by Gasteiger charge is 2.27. The molecule has 3 rings (SSSR count). The number of pyridine rings is 1. The molecular weight excluding hydrogens is 299 g/mol. The number of aromatic nitrogens is 4. The van der Waals surface area contributed by atoms with Gasteiger partial charge in [-0.2, -0.15) is 0 Å². The number of amides is 2. The van der Waals surface area contributed by atoms with Crippen LogP contribution in [0.15, 0.2) is 24.7 Å². The third kappa shape index (κ3) is 3.46. The Morgan fingerprint density at radius 1 is 1.48 bits per heavy atom. The van der Waals surface area contributed by atoms with Gasteiger partial charge in [0.2, 0.25) is 0 Å². The van der Waals surface area contributed by atoms with Gasteiger partial charge in [0.05, 0.1) is 6.20 Å². The van der Waals surface area contributed by atoms with Gasteiger partial charge >= 0.3 is 6.03 Å². The fraction of sp³-hybridized carbons (Fsp3) is 0.467. The van der Waals surface area contributed by atoms with Crippen LogP contribution in [0.2, 0.25) is 0 Å². The van der Waals surface area contributed by atoms with Gasteiger partial charge in [-0.3, -0.25) is 5.32 Å². The number of likely N-dealkylation sites (tertiary alicyclic amines) is 1. The zero-order valence-corrected chi connectivity index (χ0v) is 12.9. The number of hydrogen-bond acceptors (Lipinski definition) is 4. The van der Waals surface area contributed by atoms with E-state index in [0.717, 1.165) is 31.4 Å². The molecule has 0 saturated carbocycles. The van der Waals surface area contributed by atoms with E-state index in [-0.39, 0.29) is 11.9 Å². The van der Waals surface area contributed by atoms with Gasteiger partial charge in [0.15, 0.2) is 0 Å². The summed E-state index contributed by atoms with van der Waals surface area (Å²) in [6, 6.07) is 2.49. The average Bonchev–Trinajstić information content (AvgIpc) is 3.06. The van der Waals surface area contributed by atoms with Crippen LogP contribution in [0.25, 0.3) is 0 Å².